The molecule has 1 heterocycles. The highest BCUT2D eigenvalue weighted by molar-refractivity contribution is 6.02. The molecule has 0 aliphatic heterocycles. The number of carbonyl (C=O) groups excluding carboxylic acids is 1. The van der Waals surface area contributed by atoms with Crippen LogP contribution in [0.25, 0.3) is 23.0 Å². The van der Waals surface area contributed by atoms with Crippen LogP contribution in [0.5, 0.6) is 5.75 Å². The van der Waals surface area contributed by atoms with Gasteiger partial charge in [0.15, 0.2) is 0 Å². The van der Waals surface area contributed by atoms with Crippen LogP contribution in [0.1, 0.15) is 5.56 Å². The van der Waals surface area contributed by atoms with Crippen LogP contribution < -0.4 is 10.1 Å². The standard InChI is InChI=1S/C25H21N3O2/c1-30-23-15-13-21(14-16-23)26-24(29)17-12-20-18-28(22-10-6-3-7-11-22)27-25(20)19-8-4-2-5-9-19/h2-18H,1H3,(H,26,29)/b17-12-. The Bertz CT molecular complexity index is 1150. The highest BCUT2D eigenvalue weighted by Gasteiger charge is 2.10. The highest BCUT2D eigenvalue weighted by Crippen LogP contribution is 2.25. The Labute approximate surface area is 175 Å². The summed E-state index contributed by atoms with van der Waals surface area (Å²) >= 11 is 0. The normalized spacial score (nSPS) is 10.8. The third-order valence-corrected chi connectivity index (χ3v) is 4.58. The first-order chi connectivity index (χ1) is 14.7. The van der Waals surface area contributed by atoms with Gasteiger partial charge in [0.05, 0.1) is 18.5 Å². The fraction of sp³-hybridized carbons (Fsp3) is 0.0400. The number of benzene rings is 3. The van der Waals surface area contributed by atoms with Gasteiger partial charge in [-0.25, -0.2) is 4.68 Å². The minimum atomic E-state index is -0.216. The largest absolute Gasteiger partial charge is 0.497 e. The number of methoxy groups -OCH3 is 1. The third-order valence-electron chi connectivity index (χ3n) is 4.58. The summed E-state index contributed by atoms with van der Waals surface area (Å²) in [6, 6.07) is 27.0. The average molecular weight is 395 g/mol. The lowest BCUT2D eigenvalue weighted by Gasteiger charge is -2.03. The topological polar surface area (TPSA) is 56.1 Å². The molecule has 3 aromatic carbocycles. The van der Waals surface area contributed by atoms with E-state index in [9.17, 15) is 4.79 Å². The molecule has 0 spiro atoms. The number of anilines is 1. The fourth-order valence-corrected chi connectivity index (χ4v) is 3.07. The van der Waals surface area contributed by atoms with Crippen LogP contribution in [0, 0.1) is 0 Å². The molecule has 1 aromatic heterocycles. The fourth-order valence-electron chi connectivity index (χ4n) is 3.07. The van der Waals surface area contributed by atoms with Gasteiger partial charge < -0.3 is 10.1 Å². The average Bonchev–Trinajstić information content (AvgIpc) is 3.24. The second-order valence-electron chi connectivity index (χ2n) is 6.63. The van der Waals surface area contributed by atoms with Crippen molar-refractivity contribution in [3.05, 3.63) is 103 Å². The van der Waals surface area contributed by atoms with E-state index in [-0.39, 0.29) is 5.91 Å². The maximum atomic E-state index is 12.4. The highest BCUT2D eigenvalue weighted by atomic mass is 16.5. The van der Waals surface area contributed by atoms with E-state index < -0.39 is 0 Å². The van der Waals surface area contributed by atoms with E-state index in [1.165, 1.54) is 6.08 Å². The molecule has 1 N–H and O–H groups in total. The summed E-state index contributed by atoms with van der Waals surface area (Å²) in [6.07, 6.45) is 5.23. The molecule has 0 bridgehead atoms. The van der Waals surface area contributed by atoms with Crippen molar-refractivity contribution in [1.29, 1.82) is 0 Å². The summed E-state index contributed by atoms with van der Waals surface area (Å²) in [6.45, 7) is 0. The molecule has 0 fully saturated rings. The number of rotatable bonds is 6. The van der Waals surface area contributed by atoms with Crippen molar-refractivity contribution < 1.29 is 9.53 Å². The molecule has 0 aliphatic carbocycles. The maximum absolute atomic E-state index is 12.4. The summed E-state index contributed by atoms with van der Waals surface area (Å²) < 4.78 is 6.96. The van der Waals surface area contributed by atoms with Gasteiger partial charge in [-0.3, -0.25) is 4.79 Å². The molecule has 5 heteroatoms. The van der Waals surface area contributed by atoms with Crippen LogP contribution in [0.15, 0.2) is 97.2 Å². The zero-order valence-corrected chi connectivity index (χ0v) is 16.5. The monoisotopic (exact) mass is 395 g/mol. The summed E-state index contributed by atoms with van der Waals surface area (Å²) in [7, 11) is 1.61. The van der Waals surface area contributed by atoms with Gasteiger partial charge in [0.25, 0.3) is 0 Å². The summed E-state index contributed by atoms with van der Waals surface area (Å²) in [5.41, 5.74) is 4.32. The molecule has 0 radical (unpaired) electrons. The van der Waals surface area contributed by atoms with Crippen molar-refractivity contribution in [3.63, 3.8) is 0 Å². The van der Waals surface area contributed by atoms with Gasteiger partial charge in [-0.15, -0.1) is 0 Å². The van der Waals surface area contributed by atoms with Crippen LogP contribution in [-0.2, 0) is 4.79 Å². The van der Waals surface area contributed by atoms with Crippen molar-refractivity contribution in [2.24, 2.45) is 0 Å². The minimum absolute atomic E-state index is 0.216. The number of amides is 1. The predicted molar refractivity (Wildman–Crippen MR) is 120 cm³/mol. The third kappa shape index (κ3) is 4.47. The van der Waals surface area contributed by atoms with Crippen molar-refractivity contribution in [1.82, 2.24) is 9.78 Å². The molecule has 0 saturated carbocycles. The van der Waals surface area contributed by atoms with Crippen molar-refractivity contribution in [2.45, 2.75) is 0 Å². The quantitative estimate of drug-likeness (QED) is 0.457. The van der Waals surface area contributed by atoms with E-state index in [2.05, 4.69) is 5.32 Å². The molecular formula is C25H21N3O2. The number of ether oxygens (including phenoxy) is 1. The number of nitrogens with one attached hydrogen (secondary N) is 1. The van der Waals surface area contributed by atoms with E-state index in [4.69, 9.17) is 9.84 Å². The number of aromatic nitrogens is 2. The molecule has 30 heavy (non-hydrogen) atoms. The first-order valence-corrected chi connectivity index (χ1v) is 9.56. The molecule has 0 atom stereocenters. The van der Waals surface area contributed by atoms with Crippen LogP contribution >= 0.6 is 0 Å². The summed E-state index contributed by atoms with van der Waals surface area (Å²) in [5.74, 6) is 0.524. The number of carbonyl (C=O) groups is 1. The van der Waals surface area contributed by atoms with Gasteiger partial charge in [0.2, 0.25) is 5.91 Å². The minimum Gasteiger partial charge on any atom is -0.497 e. The Balaban J connectivity index is 1.60. The number of hydrogen-bond acceptors (Lipinski definition) is 3. The number of nitrogens with zero attached hydrogens (tertiary/aromatic N) is 2. The summed E-state index contributed by atoms with van der Waals surface area (Å²) in [5, 5.41) is 7.60. The summed E-state index contributed by atoms with van der Waals surface area (Å²) in [4.78, 5) is 12.4. The molecule has 0 aliphatic rings. The molecule has 1 amide bonds. The smallest absolute Gasteiger partial charge is 0.248 e. The Morgan fingerprint density at radius 3 is 2.27 bits per heavy atom. The lowest BCUT2D eigenvalue weighted by Crippen LogP contribution is -2.07. The van der Waals surface area contributed by atoms with Gasteiger partial charge in [-0.1, -0.05) is 48.5 Å². The number of para-hydroxylation sites is 1. The van der Waals surface area contributed by atoms with Crippen molar-refractivity contribution in [3.8, 4) is 22.7 Å². The van der Waals surface area contributed by atoms with E-state index in [0.717, 1.165) is 28.3 Å². The van der Waals surface area contributed by atoms with E-state index in [1.807, 2.05) is 71.5 Å². The van der Waals surface area contributed by atoms with E-state index in [1.54, 1.807) is 37.5 Å². The first kappa shape index (κ1) is 19.2. The Morgan fingerprint density at radius 1 is 0.933 bits per heavy atom. The molecule has 4 rings (SSSR count). The molecule has 0 saturated heterocycles. The van der Waals surface area contributed by atoms with Gasteiger partial charge in [-0.05, 0) is 42.5 Å². The van der Waals surface area contributed by atoms with E-state index >= 15 is 0 Å². The second kappa shape index (κ2) is 8.92. The van der Waals surface area contributed by atoms with Crippen molar-refractivity contribution >= 4 is 17.7 Å². The van der Waals surface area contributed by atoms with Gasteiger partial charge in [-0.2, -0.15) is 5.10 Å². The van der Waals surface area contributed by atoms with Gasteiger partial charge in [0.1, 0.15) is 5.75 Å². The molecule has 4 aromatic rings. The lowest BCUT2D eigenvalue weighted by molar-refractivity contribution is -0.111. The lowest BCUT2D eigenvalue weighted by atomic mass is 10.1. The van der Waals surface area contributed by atoms with Crippen LogP contribution in [0.4, 0.5) is 5.69 Å². The van der Waals surface area contributed by atoms with Crippen LogP contribution in [-0.4, -0.2) is 22.8 Å². The number of hydrogen-bond donors (Lipinski definition) is 1. The zero-order valence-electron chi connectivity index (χ0n) is 16.5. The predicted octanol–water partition coefficient (Wildman–Crippen LogP) is 5.20. The van der Waals surface area contributed by atoms with Crippen LogP contribution in [0.3, 0.4) is 0 Å². The van der Waals surface area contributed by atoms with E-state index in [0.29, 0.717) is 5.69 Å². The van der Waals surface area contributed by atoms with Gasteiger partial charge in [0, 0.05) is 29.1 Å². The molecule has 148 valence electrons. The Morgan fingerprint density at radius 2 is 1.60 bits per heavy atom. The van der Waals surface area contributed by atoms with Crippen molar-refractivity contribution in [2.75, 3.05) is 12.4 Å². The Hall–Kier alpha value is -4.12. The van der Waals surface area contributed by atoms with Crippen LogP contribution in [0.2, 0.25) is 0 Å². The zero-order chi connectivity index (χ0) is 20.8. The molecular weight excluding hydrogens is 374 g/mol. The maximum Gasteiger partial charge on any atom is 0.248 e. The SMILES string of the molecule is COc1ccc(NC(=O)/C=C\c2cn(-c3ccccc3)nc2-c2ccccc2)cc1. The first-order valence-electron chi connectivity index (χ1n) is 9.56. The second-order valence-corrected chi connectivity index (χ2v) is 6.63. The Kier molecular flexibility index (Phi) is 5.71. The molecule has 0 unspecified atom stereocenters. The van der Waals surface area contributed by atoms with Gasteiger partial charge >= 0.3 is 0 Å². The molecule has 5 nitrogen and oxygen atoms in total.